The Balaban J connectivity index is 1.94. The first kappa shape index (κ1) is 15.3. The predicted molar refractivity (Wildman–Crippen MR) is 82.1 cm³/mol. The maximum Gasteiger partial charge on any atom is 0.243 e. The van der Waals surface area contributed by atoms with Gasteiger partial charge in [-0.2, -0.15) is 4.31 Å². The Bertz CT molecular complexity index is 632. The second-order valence-corrected chi connectivity index (χ2v) is 8.21. The number of ether oxygens (including phenoxy) is 1. The molecule has 1 aromatic carbocycles. The van der Waals surface area contributed by atoms with E-state index in [1.807, 2.05) is 6.92 Å². The van der Waals surface area contributed by atoms with Gasteiger partial charge in [-0.1, -0.05) is 17.7 Å². The number of halogens is 1. The van der Waals surface area contributed by atoms with Crippen LogP contribution >= 0.6 is 11.6 Å². The highest BCUT2D eigenvalue weighted by Crippen LogP contribution is 2.40. The molecule has 2 bridgehead atoms. The first-order valence-electron chi connectivity index (χ1n) is 7.26. The van der Waals surface area contributed by atoms with Gasteiger partial charge >= 0.3 is 0 Å². The van der Waals surface area contributed by atoms with Crippen LogP contribution < -0.4 is 0 Å². The molecule has 2 atom stereocenters. The van der Waals surface area contributed by atoms with E-state index in [0.717, 1.165) is 31.2 Å². The van der Waals surface area contributed by atoms with Gasteiger partial charge in [0.05, 0.1) is 11.0 Å². The van der Waals surface area contributed by atoms with Crippen LogP contribution in [0.2, 0.25) is 5.02 Å². The van der Waals surface area contributed by atoms with Crippen LogP contribution in [0.3, 0.4) is 0 Å². The summed E-state index contributed by atoms with van der Waals surface area (Å²) in [5.74, 6) is 0. The third-order valence-electron chi connectivity index (χ3n) is 4.67. The van der Waals surface area contributed by atoms with Crippen molar-refractivity contribution in [3.05, 3.63) is 28.8 Å². The summed E-state index contributed by atoms with van der Waals surface area (Å²) < 4.78 is 33.0. The topological polar surface area (TPSA) is 46.6 Å². The zero-order valence-electron chi connectivity index (χ0n) is 12.3. The number of methoxy groups -OCH3 is 1. The van der Waals surface area contributed by atoms with Crippen molar-refractivity contribution in [2.75, 3.05) is 7.11 Å². The van der Waals surface area contributed by atoms with E-state index in [1.54, 1.807) is 29.6 Å². The quantitative estimate of drug-likeness (QED) is 0.856. The van der Waals surface area contributed by atoms with Crippen LogP contribution in [0, 0.1) is 6.92 Å². The average molecular weight is 330 g/mol. The molecule has 4 nitrogen and oxygen atoms in total. The van der Waals surface area contributed by atoms with Gasteiger partial charge in [-0.15, -0.1) is 0 Å². The summed E-state index contributed by atoms with van der Waals surface area (Å²) in [6.07, 6.45) is 3.58. The van der Waals surface area contributed by atoms with Crippen molar-refractivity contribution in [2.45, 2.75) is 55.7 Å². The molecular formula is C15H20ClNO3S. The molecule has 0 amide bonds. The lowest BCUT2D eigenvalue weighted by Crippen LogP contribution is -2.48. The molecule has 2 unspecified atom stereocenters. The van der Waals surface area contributed by atoms with E-state index in [4.69, 9.17) is 16.3 Å². The van der Waals surface area contributed by atoms with Gasteiger partial charge in [0.2, 0.25) is 10.0 Å². The molecule has 2 aliphatic rings. The number of piperidine rings is 1. The highest BCUT2D eigenvalue weighted by molar-refractivity contribution is 7.89. The van der Waals surface area contributed by atoms with E-state index in [0.29, 0.717) is 9.92 Å². The van der Waals surface area contributed by atoms with Crippen molar-refractivity contribution in [1.82, 2.24) is 4.31 Å². The summed E-state index contributed by atoms with van der Waals surface area (Å²) in [7, 11) is -1.77. The Kier molecular flexibility index (Phi) is 4.03. The highest BCUT2D eigenvalue weighted by atomic mass is 35.5. The molecule has 2 saturated heterocycles. The fraction of sp³-hybridized carbons (Fsp3) is 0.600. The monoisotopic (exact) mass is 329 g/mol. The first-order chi connectivity index (χ1) is 9.93. The van der Waals surface area contributed by atoms with Crippen molar-refractivity contribution in [3.63, 3.8) is 0 Å². The van der Waals surface area contributed by atoms with Gasteiger partial charge in [0.15, 0.2) is 0 Å². The molecule has 1 aromatic rings. The molecule has 0 spiro atoms. The summed E-state index contributed by atoms with van der Waals surface area (Å²) in [5, 5.41) is 0.496. The van der Waals surface area contributed by atoms with Crippen LogP contribution in [0.5, 0.6) is 0 Å². The fourth-order valence-electron chi connectivity index (χ4n) is 3.52. The number of aryl methyl sites for hydroxylation is 1. The lowest BCUT2D eigenvalue weighted by atomic mass is 10.0. The Hall–Kier alpha value is -0.620. The Morgan fingerprint density at radius 3 is 2.38 bits per heavy atom. The summed E-state index contributed by atoms with van der Waals surface area (Å²) in [5.41, 5.74) is 0.886. The van der Waals surface area contributed by atoms with E-state index < -0.39 is 10.0 Å². The van der Waals surface area contributed by atoms with E-state index in [1.165, 1.54) is 0 Å². The minimum absolute atomic E-state index is 0.0544. The molecule has 6 heteroatoms. The summed E-state index contributed by atoms with van der Waals surface area (Å²) in [4.78, 5) is 0.297. The molecular weight excluding hydrogens is 310 g/mol. The van der Waals surface area contributed by atoms with Gasteiger partial charge in [0, 0.05) is 24.2 Å². The lowest BCUT2D eigenvalue weighted by Gasteiger charge is -2.37. The molecule has 0 aliphatic carbocycles. The smallest absolute Gasteiger partial charge is 0.243 e. The first-order valence-corrected chi connectivity index (χ1v) is 9.07. The molecule has 2 heterocycles. The molecule has 3 rings (SSSR count). The third kappa shape index (κ3) is 2.61. The molecule has 2 aliphatic heterocycles. The van der Waals surface area contributed by atoms with Crippen molar-refractivity contribution in [2.24, 2.45) is 0 Å². The Morgan fingerprint density at radius 1 is 1.24 bits per heavy atom. The van der Waals surface area contributed by atoms with E-state index in [9.17, 15) is 8.42 Å². The van der Waals surface area contributed by atoms with Crippen molar-refractivity contribution >= 4 is 21.6 Å². The molecule has 0 saturated carbocycles. The predicted octanol–water partition coefficient (Wildman–Crippen LogP) is 2.98. The van der Waals surface area contributed by atoms with E-state index in [-0.39, 0.29) is 18.2 Å². The van der Waals surface area contributed by atoms with Gasteiger partial charge < -0.3 is 4.74 Å². The molecule has 21 heavy (non-hydrogen) atoms. The highest BCUT2D eigenvalue weighted by Gasteiger charge is 2.47. The number of sulfonamides is 1. The van der Waals surface area contributed by atoms with Crippen LogP contribution in [-0.2, 0) is 14.8 Å². The molecule has 116 valence electrons. The standard InChI is InChI=1S/C15H20ClNO3S/c1-10-3-6-14(9-15(10)16)21(18,19)17-11-4-5-12(17)8-13(7-11)20-2/h3,6,9,11-13H,4-5,7-8H2,1-2H3. The maximum atomic E-state index is 12.9. The second kappa shape index (κ2) is 5.54. The number of rotatable bonds is 3. The van der Waals surface area contributed by atoms with E-state index in [2.05, 4.69) is 0 Å². The number of benzene rings is 1. The summed E-state index contributed by atoms with van der Waals surface area (Å²) in [6, 6.07) is 5.09. The third-order valence-corrected chi connectivity index (χ3v) is 7.08. The molecule has 2 fully saturated rings. The van der Waals surface area contributed by atoms with Crippen LogP contribution in [0.4, 0.5) is 0 Å². The molecule has 0 aromatic heterocycles. The maximum absolute atomic E-state index is 12.9. The van der Waals surface area contributed by atoms with Crippen molar-refractivity contribution < 1.29 is 13.2 Å². The number of hydrogen-bond acceptors (Lipinski definition) is 3. The Labute approximate surface area is 131 Å². The van der Waals surface area contributed by atoms with Crippen LogP contribution in [-0.4, -0.2) is 38.0 Å². The van der Waals surface area contributed by atoms with Gasteiger partial charge in [-0.3, -0.25) is 0 Å². The molecule has 0 radical (unpaired) electrons. The number of hydrogen-bond donors (Lipinski definition) is 0. The summed E-state index contributed by atoms with van der Waals surface area (Å²) >= 11 is 6.09. The number of fused-ring (bicyclic) bond motifs is 2. The van der Waals surface area contributed by atoms with Gasteiger partial charge in [0.25, 0.3) is 0 Å². The normalized spacial score (nSPS) is 29.8. The minimum atomic E-state index is -3.48. The van der Waals surface area contributed by atoms with Crippen LogP contribution in [0.1, 0.15) is 31.2 Å². The zero-order chi connectivity index (χ0) is 15.2. The zero-order valence-corrected chi connectivity index (χ0v) is 13.8. The van der Waals surface area contributed by atoms with Gasteiger partial charge in [-0.05, 0) is 50.3 Å². The van der Waals surface area contributed by atoms with Gasteiger partial charge in [-0.25, -0.2) is 8.42 Å². The van der Waals surface area contributed by atoms with Gasteiger partial charge in [0.1, 0.15) is 0 Å². The minimum Gasteiger partial charge on any atom is -0.381 e. The van der Waals surface area contributed by atoms with Crippen molar-refractivity contribution in [1.29, 1.82) is 0 Å². The fourth-order valence-corrected chi connectivity index (χ4v) is 5.69. The second-order valence-electron chi connectivity index (χ2n) is 5.96. The lowest BCUT2D eigenvalue weighted by molar-refractivity contribution is 0.0349. The summed E-state index contributed by atoms with van der Waals surface area (Å²) in [6.45, 7) is 1.87. The SMILES string of the molecule is COC1CC2CCC(C1)N2S(=O)(=O)c1ccc(C)c(Cl)c1. The van der Waals surface area contributed by atoms with Crippen molar-refractivity contribution in [3.8, 4) is 0 Å². The van der Waals surface area contributed by atoms with Crippen LogP contribution in [0.25, 0.3) is 0 Å². The Morgan fingerprint density at radius 2 is 1.86 bits per heavy atom. The average Bonchev–Trinajstić information content (AvgIpc) is 2.74. The van der Waals surface area contributed by atoms with E-state index >= 15 is 0 Å². The number of nitrogens with zero attached hydrogens (tertiary/aromatic N) is 1. The van der Waals surface area contributed by atoms with Crippen LogP contribution in [0.15, 0.2) is 23.1 Å². The molecule has 0 N–H and O–H groups in total. The largest absolute Gasteiger partial charge is 0.381 e.